The molecule has 0 aliphatic carbocycles. The van der Waals surface area contributed by atoms with E-state index in [0.29, 0.717) is 18.7 Å². The van der Waals surface area contributed by atoms with Gasteiger partial charge in [-0.1, -0.05) is 31.9 Å². The number of halogens is 1. The summed E-state index contributed by atoms with van der Waals surface area (Å²) >= 11 is 0. The average molecular weight is 428 g/mol. The molecule has 1 fully saturated rings. The van der Waals surface area contributed by atoms with Gasteiger partial charge in [0.15, 0.2) is 0 Å². The van der Waals surface area contributed by atoms with Gasteiger partial charge in [-0.05, 0) is 43.9 Å². The van der Waals surface area contributed by atoms with Crippen LogP contribution in [-0.4, -0.2) is 34.4 Å². The molecule has 1 aliphatic rings. The zero-order chi connectivity index (χ0) is 22.4. The SMILES string of the molecule is CCC(C)n1cc(C(=O)NCc2cccc(F)c2)c(=O)c(C(=O)N2CCCCCC2)c1. The zero-order valence-electron chi connectivity index (χ0n) is 18.2. The van der Waals surface area contributed by atoms with Crippen LogP contribution < -0.4 is 10.7 Å². The van der Waals surface area contributed by atoms with E-state index in [4.69, 9.17) is 0 Å². The van der Waals surface area contributed by atoms with E-state index in [1.165, 1.54) is 18.3 Å². The lowest BCUT2D eigenvalue weighted by Gasteiger charge is -2.22. The molecule has 0 saturated carbocycles. The third kappa shape index (κ3) is 5.60. The Kier molecular flexibility index (Phi) is 7.60. The van der Waals surface area contributed by atoms with E-state index in [-0.39, 0.29) is 29.6 Å². The molecule has 1 atom stereocenters. The molecule has 1 N–H and O–H groups in total. The number of aromatic nitrogens is 1. The van der Waals surface area contributed by atoms with Crippen LogP contribution in [-0.2, 0) is 6.54 Å². The van der Waals surface area contributed by atoms with Gasteiger partial charge in [0.1, 0.15) is 16.9 Å². The number of pyridine rings is 1. The highest BCUT2D eigenvalue weighted by molar-refractivity contribution is 5.99. The Bertz CT molecular complexity index is 994. The predicted molar refractivity (Wildman–Crippen MR) is 118 cm³/mol. The lowest BCUT2D eigenvalue weighted by atomic mass is 10.1. The Labute approximate surface area is 182 Å². The maximum Gasteiger partial charge on any atom is 0.259 e. The van der Waals surface area contributed by atoms with Crippen LogP contribution in [0.15, 0.2) is 41.5 Å². The van der Waals surface area contributed by atoms with Gasteiger partial charge in [-0.25, -0.2) is 4.39 Å². The minimum absolute atomic E-state index is 0.0195. The lowest BCUT2D eigenvalue weighted by Crippen LogP contribution is -2.38. The van der Waals surface area contributed by atoms with E-state index in [1.54, 1.807) is 27.8 Å². The third-order valence-corrected chi connectivity index (χ3v) is 5.86. The third-order valence-electron chi connectivity index (χ3n) is 5.86. The van der Waals surface area contributed by atoms with Crippen molar-refractivity contribution in [3.8, 4) is 0 Å². The number of rotatable bonds is 6. The molecule has 0 bridgehead atoms. The minimum atomic E-state index is -0.572. The molecule has 1 aliphatic heterocycles. The first kappa shape index (κ1) is 22.7. The standard InChI is InChI=1S/C24H30FN3O3/c1-3-17(2)28-15-20(23(30)26-14-18-9-8-10-19(25)13-18)22(29)21(16-28)24(31)27-11-6-4-5-7-12-27/h8-10,13,15-17H,3-7,11-12,14H2,1-2H3,(H,26,30). The van der Waals surface area contributed by atoms with Crippen LogP contribution in [0.4, 0.5) is 4.39 Å². The molecule has 31 heavy (non-hydrogen) atoms. The molecular weight excluding hydrogens is 397 g/mol. The average Bonchev–Trinajstić information content (AvgIpc) is 3.06. The summed E-state index contributed by atoms with van der Waals surface area (Å²) in [5.41, 5.74) is -0.0177. The molecule has 166 valence electrons. The van der Waals surface area contributed by atoms with E-state index in [0.717, 1.165) is 32.1 Å². The molecule has 2 amide bonds. The normalized spacial score (nSPS) is 15.3. The van der Waals surface area contributed by atoms with Crippen molar-refractivity contribution in [3.05, 3.63) is 69.4 Å². The Morgan fingerprint density at radius 1 is 1.10 bits per heavy atom. The van der Waals surface area contributed by atoms with Crippen molar-refractivity contribution in [1.82, 2.24) is 14.8 Å². The monoisotopic (exact) mass is 427 g/mol. The first-order chi connectivity index (χ1) is 14.9. The van der Waals surface area contributed by atoms with Gasteiger partial charge in [0, 0.05) is 38.1 Å². The summed E-state index contributed by atoms with van der Waals surface area (Å²) in [5, 5.41) is 2.68. The van der Waals surface area contributed by atoms with E-state index < -0.39 is 17.2 Å². The van der Waals surface area contributed by atoms with E-state index >= 15 is 0 Å². The fraction of sp³-hybridized carbons (Fsp3) is 0.458. The summed E-state index contributed by atoms with van der Waals surface area (Å²) in [6.07, 6.45) is 7.85. The fourth-order valence-corrected chi connectivity index (χ4v) is 3.75. The Morgan fingerprint density at radius 2 is 1.77 bits per heavy atom. The minimum Gasteiger partial charge on any atom is -0.350 e. The maximum absolute atomic E-state index is 13.4. The molecule has 3 rings (SSSR count). The van der Waals surface area contributed by atoms with Crippen molar-refractivity contribution in [3.63, 3.8) is 0 Å². The van der Waals surface area contributed by atoms with Crippen LogP contribution in [0.25, 0.3) is 0 Å². The van der Waals surface area contributed by atoms with Gasteiger partial charge in [0.25, 0.3) is 11.8 Å². The van der Waals surface area contributed by atoms with Crippen LogP contribution in [0.3, 0.4) is 0 Å². The highest BCUT2D eigenvalue weighted by Crippen LogP contribution is 2.15. The van der Waals surface area contributed by atoms with Crippen LogP contribution in [0, 0.1) is 5.82 Å². The molecule has 0 spiro atoms. The summed E-state index contributed by atoms with van der Waals surface area (Å²) in [4.78, 5) is 40.9. The molecule has 2 heterocycles. The summed E-state index contributed by atoms with van der Waals surface area (Å²) < 4.78 is 15.2. The van der Waals surface area contributed by atoms with Gasteiger partial charge < -0.3 is 14.8 Å². The Morgan fingerprint density at radius 3 is 2.42 bits per heavy atom. The Balaban J connectivity index is 1.91. The van der Waals surface area contributed by atoms with Gasteiger partial charge >= 0.3 is 0 Å². The lowest BCUT2D eigenvalue weighted by molar-refractivity contribution is 0.0759. The van der Waals surface area contributed by atoms with Crippen molar-refractivity contribution in [2.24, 2.45) is 0 Å². The number of nitrogens with zero attached hydrogens (tertiary/aromatic N) is 2. The molecule has 0 radical (unpaired) electrons. The van der Waals surface area contributed by atoms with Crippen LogP contribution >= 0.6 is 0 Å². The molecule has 1 unspecified atom stereocenters. The topological polar surface area (TPSA) is 71.4 Å². The summed E-state index contributed by atoms with van der Waals surface area (Å²) in [6, 6.07) is 5.93. The molecule has 1 saturated heterocycles. The second-order valence-corrected chi connectivity index (χ2v) is 8.14. The molecule has 6 nitrogen and oxygen atoms in total. The zero-order valence-corrected chi connectivity index (χ0v) is 18.2. The van der Waals surface area contributed by atoms with Crippen molar-refractivity contribution in [2.75, 3.05) is 13.1 Å². The number of benzene rings is 1. The first-order valence-electron chi connectivity index (χ1n) is 11.0. The molecule has 1 aromatic carbocycles. The fourth-order valence-electron chi connectivity index (χ4n) is 3.75. The van der Waals surface area contributed by atoms with E-state index in [1.807, 2.05) is 13.8 Å². The van der Waals surface area contributed by atoms with Crippen molar-refractivity contribution in [1.29, 1.82) is 0 Å². The maximum atomic E-state index is 13.4. The number of nitrogens with one attached hydrogen (secondary N) is 1. The number of hydrogen-bond donors (Lipinski definition) is 1. The van der Waals surface area contributed by atoms with E-state index in [2.05, 4.69) is 5.32 Å². The number of hydrogen-bond acceptors (Lipinski definition) is 3. The van der Waals surface area contributed by atoms with Crippen LogP contribution in [0.2, 0.25) is 0 Å². The number of likely N-dealkylation sites (tertiary alicyclic amines) is 1. The predicted octanol–water partition coefficient (Wildman–Crippen LogP) is 3.90. The largest absolute Gasteiger partial charge is 0.350 e. The van der Waals surface area contributed by atoms with Crippen molar-refractivity contribution in [2.45, 2.75) is 58.5 Å². The van der Waals surface area contributed by atoms with Crippen molar-refractivity contribution >= 4 is 11.8 Å². The highest BCUT2D eigenvalue weighted by Gasteiger charge is 2.24. The van der Waals surface area contributed by atoms with Crippen molar-refractivity contribution < 1.29 is 14.0 Å². The van der Waals surface area contributed by atoms with Crippen LogP contribution in [0.1, 0.15) is 78.3 Å². The molecule has 1 aromatic heterocycles. The highest BCUT2D eigenvalue weighted by atomic mass is 19.1. The molecule has 7 heteroatoms. The number of carbonyl (C=O) groups is 2. The quantitative estimate of drug-likeness (QED) is 0.760. The first-order valence-corrected chi connectivity index (χ1v) is 11.0. The second-order valence-electron chi connectivity index (χ2n) is 8.14. The Hall–Kier alpha value is -2.96. The summed E-state index contributed by atoms with van der Waals surface area (Å²) in [6.45, 7) is 5.31. The smallest absolute Gasteiger partial charge is 0.259 e. The summed E-state index contributed by atoms with van der Waals surface area (Å²) in [5.74, 6) is -1.28. The number of amides is 2. The van der Waals surface area contributed by atoms with Gasteiger partial charge in [-0.15, -0.1) is 0 Å². The van der Waals surface area contributed by atoms with E-state index in [9.17, 15) is 18.8 Å². The number of carbonyl (C=O) groups excluding carboxylic acids is 2. The van der Waals surface area contributed by atoms with Gasteiger partial charge in [0.05, 0.1) is 0 Å². The van der Waals surface area contributed by atoms with Gasteiger partial charge in [-0.3, -0.25) is 14.4 Å². The molecule has 2 aromatic rings. The second kappa shape index (κ2) is 10.4. The summed E-state index contributed by atoms with van der Waals surface area (Å²) in [7, 11) is 0. The molecular formula is C24H30FN3O3. The van der Waals surface area contributed by atoms with Crippen LogP contribution in [0.5, 0.6) is 0 Å². The van der Waals surface area contributed by atoms with Gasteiger partial charge in [0.2, 0.25) is 5.43 Å². The van der Waals surface area contributed by atoms with Gasteiger partial charge in [-0.2, -0.15) is 0 Å².